The Kier molecular flexibility index (Phi) is 6.41. The Morgan fingerprint density at radius 3 is 2.50 bits per heavy atom. The molecule has 0 bridgehead atoms. The molecular weight excluding hydrogens is 216 g/mol. The van der Waals surface area contributed by atoms with Crippen LogP contribution in [0.2, 0.25) is 0 Å². The molecular formula is C7H15ClO2S2. The van der Waals surface area contributed by atoms with Gasteiger partial charge in [-0.25, -0.2) is 8.42 Å². The molecule has 0 aliphatic rings. The van der Waals surface area contributed by atoms with Gasteiger partial charge in [0.15, 0.2) is 0 Å². The maximum absolute atomic E-state index is 10.7. The number of rotatable bonds is 6. The van der Waals surface area contributed by atoms with Gasteiger partial charge in [-0.1, -0.05) is 6.92 Å². The Labute approximate surface area is 84.0 Å². The van der Waals surface area contributed by atoms with Gasteiger partial charge in [-0.15, -0.1) is 11.6 Å². The average Bonchev–Trinajstić information content (AvgIpc) is 1.84. The summed E-state index contributed by atoms with van der Waals surface area (Å²) in [6.45, 7) is 2.06. The summed E-state index contributed by atoms with van der Waals surface area (Å²) in [5, 5.41) is 0.462. The van der Waals surface area contributed by atoms with Crippen LogP contribution >= 0.6 is 23.4 Å². The maximum Gasteiger partial charge on any atom is 0.148 e. The Morgan fingerprint density at radius 1 is 1.50 bits per heavy atom. The van der Waals surface area contributed by atoms with E-state index in [0.717, 1.165) is 6.42 Å². The summed E-state index contributed by atoms with van der Waals surface area (Å²) in [5.74, 6) is 1.59. The molecule has 5 heteroatoms. The van der Waals surface area contributed by atoms with E-state index in [1.165, 1.54) is 6.26 Å². The van der Waals surface area contributed by atoms with Gasteiger partial charge in [-0.3, -0.25) is 0 Å². The molecule has 0 heterocycles. The smallest absolute Gasteiger partial charge is 0.148 e. The van der Waals surface area contributed by atoms with E-state index in [4.69, 9.17) is 11.6 Å². The minimum atomic E-state index is -2.79. The van der Waals surface area contributed by atoms with E-state index in [9.17, 15) is 8.42 Å². The molecule has 1 atom stereocenters. The highest BCUT2D eigenvalue weighted by molar-refractivity contribution is 8.01. The first-order chi connectivity index (χ1) is 5.45. The van der Waals surface area contributed by atoms with Crippen molar-refractivity contribution in [1.82, 2.24) is 0 Å². The SMILES string of the molecule is CC(CCCl)SCCS(C)(=O)=O. The van der Waals surface area contributed by atoms with Crippen molar-refractivity contribution in [2.75, 3.05) is 23.6 Å². The van der Waals surface area contributed by atoms with Gasteiger partial charge in [0, 0.05) is 23.1 Å². The first-order valence-corrected chi connectivity index (χ1v) is 7.45. The van der Waals surface area contributed by atoms with Crippen molar-refractivity contribution < 1.29 is 8.42 Å². The highest BCUT2D eigenvalue weighted by Crippen LogP contribution is 2.14. The van der Waals surface area contributed by atoms with Crippen LogP contribution in [0.4, 0.5) is 0 Å². The second kappa shape index (κ2) is 6.11. The maximum atomic E-state index is 10.7. The lowest BCUT2D eigenvalue weighted by molar-refractivity contribution is 0.603. The standard InChI is InChI=1S/C7H15ClO2S2/c1-7(3-4-8)11-5-6-12(2,9)10/h7H,3-6H2,1-2H3. The lowest BCUT2D eigenvalue weighted by atomic mass is 10.4. The predicted octanol–water partition coefficient (Wildman–Crippen LogP) is 1.78. The van der Waals surface area contributed by atoms with Crippen molar-refractivity contribution in [2.24, 2.45) is 0 Å². The van der Waals surface area contributed by atoms with Crippen molar-refractivity contribution >= 4 is 33.2 Å². The van der Waals surface area contributed by atoms with Gasteiger partial charge in [-0.05, 0) is 6.42 Å². The molecule has 0 aromatic heterocycles. The fourth-order valence-corrected chi connectivity index (χ4v) is 3.38. The molecule has 0 aliphatic heterocycles. The lowest BCUT2D eigenvalue weighted by Gasteiger charge is -2.07. The van der Waals surface area contributed by atoms with Gasteiger partial charge in [-0.2, -0.15) is 11.8 Å². The highest BCUT2D eigenvalue weighted by atomic mass is 35.5. The predicted molar refractivity (Wildman–Crippen MR) is 57.0 cm³/mol. The molecule has 0 N–H and O–H groups in total. The molecule has 0 saturated carbocycles. The van der Waals surface area contributed by atoms with Crippen molar-refractivity contribution in [1.29, 1.82) is 0 Å². The molecule has 0 saturated heterocycles. The molecule has 0 rings (SSSR count). The van der Waals surface area contributed by atoms with Gasteiger partial charge in [0.05, 0.1) is 5.75 Å². The number of hydrogen-bond acceptors (Lipinski definition) is 3. The lowest BCUT2D eigenvalue weighted by Crippen LogP contribution is -2.08. The molecule has 0 aliphatic carbocycles. The zero-order chi connectivity index (χ0) is 9.61. The third-order valence-electron chi connectivity index (χ3n) is 1.37. The fourth-order valence-electron chi connectivity index (χ4n) is 0.638. The van der Waals surface area contributed by atoms with Gasteiger partial charge >= 0.3 is 0 Å². The number of thioether (sulfide) groups is 1. The monoisotopic (exact) mass is 230 g/mol. The van der Waals surface area contributed by atoms with Gasteiger partial charge in [0.2, 0.25) is 0 Å². The average molecular weight is 231 g/mol. The molecule has 1 unspecified atom stereocenters. The number of halogens is 1. The zero-order valence-electron chi connectivity index (χ0n) is 7.42. The van der Waals surface area contributed by atoms with Crippen LogP contribution in [0.25, 0.3) is 0 Å². The topological polar surface area (TPSA) is 34.1 Å². The summed E-state index contributed by atoms with van der Waals surface area (Å²) < 4.78 is 21.5. The van der Waals surface area contributed by atoms with Gasteiger partial charge in [0.25, 0.3) is 0 Å². The molecule has 0 spiro atoms. The summed E-state index contributed by atoms with van der Waals surface area (Å²) in [7, 11) is -2.79. The van der Waals surface area contributed by atoms with Crippen LogP contribution in [0.1, 0.15) is 13.3 Å². The normalized spacial score (nSPS) is 14.6. The Bertz CT molecular complexity index is 201. The summed E-state index contributed by atoms with van der Waals surface area (Å²) in [6, 6.07) is 0. The van der Waals surface area contributed by atoms with Crippen LogP contribution in [-0.2, 0) is 9.84 Å². The Balaban J connectivity index is 3.44. The second-order valence-electron chi connectivity index (χ2n) is 2.79. The molecule has 0 amide bonds. The third kappa shape index (κ3) is 8.68. The van der Waals surface area contributed by atoms with E-state index < -0.39 is 9.84 Å². The van der Waals surface area contributed by atoms with Crippen LogP contribution in [0.15, 0.2) is 0 Å². The van der Waals surface area contributed by atoms with E-state index in [1.54, 1.807) is 11.8 Å². The molecule has 12 heavy (non-hydrogen) atoms. The molecule has 0 aromatic carbocycles. The summed E-state index contributed by atoms with van der Waals surface area (Å²) >= 11 is 7.20. The number of sulfone groups is 1. The van der Waals surface area contributed by atoms with Crippen molar-refractivity contribution in [2.45, 2.75) is 18.6 Å². The van der Waals surface area contributed by atoms with E-state index >= 15 is 0 Å². The van der Waals surface area contributed by atoms with Gasteiger partial charge in [0.1, 0.15) is 9.84 Å². The number of hydrogen-bond donors (Lipinski definition) is 0. The fraction of sp³-hybridized carbons (Fsp3) is 1.00. The van der Waals surface area contributed by atoms with Crippen molar-refractivity contribution in [3.05, 3.63) is 0 Å². The first kappa shape index (κ1) is 12.6. The second-order valence-corrected chi connectivity index (χ2v) is 6.97. The minimum Gasteiger partial charge on any atom is -0.229 e. The summed E-state index contributed by atoms with van der Waals surface area (Å²) in [5.41, 5.74) is 0. The van der Waals surface area contributed by atoms with Crippen molar-refractivity contribution in [3.63, 3.8) is 0 Å². The third-order valence-corrected chi connectivity index (χ3v) is 4.04. The van der Waals surface area contributed by atoms with Crippen molar-refractivity contribution in [3.8, 4) is 0 Å². The number of alkyl halides is 1. The van der Waals surface area contributed by atoms with Crippen LogP contribution in [0.5, 0.6) is 0 Å². The summed E-state index contributed by atoms with van der Waals surface area (Å²) in [6.07, 6.45) is 2.20. The molecule has 0 aromatic rings. The van der Waals surface area contributed by atoms with Crippen LogP contribution in [-0.4, -0.2) is 37.3 Å². The molecule has 2 nitrogen and oxygen atoms in total. The Hall–Kier alpha value is 0.590. The largest absolute Gasteiger partial charge is 0.229 e. The van der Waals surface area contributed by atoms with E-state index in [0.29, 0.717) is 16.9 Å². The zero-order valence-corrected chi connectivity index (χ0v) is 9.81. The first-order valence-electron chi connectivity index (χ1n) is 3.81. The van der Waals surface area contributed by atoms with E-state index in [1.807, 2.05) is 0 Å². The van der Waals surface area contributed by atoms with Crippen LogP contribution in [0, 0.1) is 0 Å². The van der Waals surface area contributed by atoms with Gasteiger partial charge < -0.3 is 0 Å². The molecule has 0 radical (unpaired) electrons. The van der Waals surface area contributed by atoms with Crippen LogP contribution in [0.3, 0.4) is 0 Å². The van der Waals surface area contributed by atoms with Crippen LogP contribution < -0.4 is 0 Å². The quantitative estimate of drug-likeness (QED) is 0.653. The van der Waals surface area contributed by atoms with E-state index in [-0.39, 0.29) is 5.75 Å². The summed E-state index contributed by atoms with van der Waals surface area (Å²) in [4.78, 5) is 0. The molecule has 74 valence electrons. The van der Waals surface area contributed by atoms with E-state index in [2.05, 4.69) is 6.92 Å². The highest BCUT2D eigenvalue weighted by Gasteiger charge is 2.05. The Morgan fingerprint density at radius 2 is 2.08 bits per heavy atom. The molecule has 0 fully saturated rings. The minimum absolute atomic E-state index is 0.268.